The first-order valence-electron chi connectivity index (χ1n) is 6.21. The number of aryl methyl sites for hydroxylation is 3. The molecule has 106 valence electrons. The summed E-state index contributed by atoms with van der Waals surface area (Å²) in [6.07, 6.45) is -1.19. The van der Waals surface area contributed by atoms with Gasteiger partial charge in [0, 0.05) is 0 Å². The highest BCUT2D eigenvalue weighted by atomic mass is 19.2. The van der Waals surface area contributed by atoms with E-state index in [0.717, 1.165) is 28.8 Å². The molecule has 2 aromatic rings. The molecule has 0 fully saturated rings. The van der Waals surface area contributed by atoms with Crippen molar-refractivity contribution < 1.29 is 18.3 Å². The fourth-order valence-corrected chi connectivity index (χ4v) is 2.52. The van der Waals surface area contributed by atoms with Crippen LogP contribution in [-0.4, -0.2) is 5.11 Å². The van der Waals surface area contributed by atoms with Gasteiger partial charge in [-0.05, 0) is 55.2 Å². The van der Waals surface area contributed by atoms with Crippen LogP contribution in [-0.2, 0) is 0 Å². The van der Waals surface area contributed by atoms with E-state index in [1.165, 1.54) is 0 Å². The van der Waals surface area contributed by atoms with Crippen molar-refractivity contribution in [2.75, 3.05) is 0 Å². The predicted octanol–water partition coefficient (Wildman–Crippen LogP) is 4.11. The highest BCUT2D eigenvalue weighted by Crippen LogP contribution is 2.30. The second kappa shape index (κ2) is 5.29. The zero-order valence-corrected chi connectivity index (χ0v) is 11.5. The molecule has 20 heavy (non-hydrogen) atoms. The summed E-state index contributed by atoms with van der Waals surface area (Å²) in [5, 5.41) is 10.3. The quantitative estimate of drug-likeness (QED) is 0.821. The van der Waals surface area contributed by atoms with Gasteiger partial charge in [-0.1, -0.05) is 17.7 Å². The van der Waals surface area contributed by atoms with Gasteiger partial charge in [-0.3, -0.25) is 0 Å². The molecule has 0 saturated heterocycles. The van der Waals surface area contributed by atoms with E-state index in [1.54, 1.807) is 0 Å². The van der Waals surface area contributed by atoms with Crippen LogP contribution in [0, 0.1) is 38.2 Å². The van der Waals surface area contributed by atoms with Crippen LogP contribution in [0.1, 0.15) is 33.9 Å². The van der Waals surface area contributed by atoms with Gasteiger partial charge in [0.15, 0.2) is 17.5 Å². The number of benzene rings is 2. The Morgan fingerprint density at radius 3 is 1.75 bits per heavy atom. The first-order chi connectivity index (χ1) is 9.31. The normalized spacial score (nSPS) is 12.6. The monoisotopic (exact) mass is 280 g/mol. The van der Waals surface area contributed by atoms with Crippen LogP contribution >= 0.6 is 0 Å². The van der Waals surface area contributed by atoms with Gasteiger partial charge in [-0.2, -0.15) is 0 Å². The van der Waals surface area contributed by atoms with E-state index < -0.39 is 23.6 Å². The highest BCUT2D eigenvalue weighted by molar-refractivity contribution is 5.43. The van der Waals surface area contributed by atoms with E-state index in [-0.39, 0.29) is 5.56 Å². The summed E-state index contributed by atoms with van der Waals surface area (Å²) < 4.78 is 39.5. The molecule has 0 aliphatic carbocycles. The average molecular weight is 280 g/mol. The Kier molecular flexibility index (Phi) is 3.86. The largest absolute Gasteiger partial charge is 0.384 e. The molecule has 0 heterocycles. The maximum Gasteiger partial charge on any atom is 0.194 e. The first-order valence-corrected chi connectivity index (χ1v) is 6.21. The minimum absolute atomic E-state index is 0.00328. The summed E-state index contributed by atoms with van der Waals surface area (Å²) in [7, 11) is 0. The molecule has 1 atom stereocenters. The Balaban J connectivity index is 2.55. The summed E-state index contributed by atoms with van der Waals surface area (Å²) in [5.74, 6) is -4.14. The number of aliphatic hydroxyl groups is 1. The Bertz CT molecular complexity index is 619. The number of aliphatic hydroxyl groups excluding tert-OH is 1. The minimum Gasteiger partial charge on any atom is -0.384 e. The van der Waals surface area contributed by atoms with Gasteiger partial charge in [-0.15, -0.1) is 0 Å². The zero-order chi connectivity index (χ0) is 15.0. The van der Waals surface area contributed by atoms with E-state index >= 15 is 0 Å². The smallest absolute Gasteiger partial charge is 0.194 e. The number of hydrogen-bond acceptors (Lipinski definition) is 1. The van der Waals surface area contributed by atoms with E-state index in [1.807, 2.05) is 32.9 Å². The van der Waals surface area contributed by atoms with Crippen molar-refractivity contribution in [3.05, 3.63) is 69.5 Å². The van der Waals surface area contributed by atoms with Crippen molar-refractivity contribution in [2.24, 2.45) is 0 Å². The minimum atomic E-state index is -1.53. The third-order valence-electron chi connectivity index (χ3n) is 3.33. The molecule has 2 rings (SSSR count). The Hall–Kier alpha value is -1.81. The summed E-state index contributed by atoms with van der Waals surface area (Å²) in [6.45, 7) is 5.55. The Morgan fingerprint density at radius 2 is 1.30 bits per heavy atom. The van der Waals surface area contributed by atoms with Crippen molar-refractivity contribution in [1.29, 1.82) is 0 Å². The third kappa shape index (κ3) is 2.56. The second-order valence-corrected chi connectivity index (χ2v) is 5.01. The molecule has 0 spiro atoms. The predicted molar refractivity (Wildman–Crippen MR) is 71.0 cm³/mol. The van der Waals surface area contributed by atoms with Crippen LogP contribution in [0.3, 0.4) is 0 Å². The molecular weight excluding hydrogens is 265 g/mol. The summed E-state index contributed by atoms with van der Waals surface area (Å²) in [5.41, 5.74) is 3.25. The SMILES string of the molecule is Cc1cc(C)c(C(O)c2cc(F)c(F)c(F)c2)c(C)c1. The van der Waals surface area contributed by atoms with E-state index in [4.69, 9.17) is 0 Å². The van der Waals surface area contributed by atoms with E-state index in [0.29, 0.717) is 5.56 Å². The van der Waals surface area contributed by atoms with Crippen LogP contribution in [0.15, 0.2) is 24.3 Å². The lowest BCUT2D eigenvalue weighted by atomic mass is 9.92. The average Bonchev–Trinajstić information content (AvgIpc) is 2.33. The molecular formula is C16H15F3O. The fourth-order valence-electron chi connectivity index (χ4n) is 2.52. The third-order valence-corrected chi connectivity index (χ3v) is 3.33. The van der Waals surface area contributed by atoms with Gasteiger partial charge in [0.25, 0.3) is 0 Å². The van der Waals surface area contributed by atoms with Crippen molar-refractivity contribution >= 4 is 0 Å². The molecule has 0 aliphatic heterocycles. The molecule has 1 unspecified atom stereocenters. The van der Waals surface area contributed by atoms with Crippen LogP contribution < -0.4 is 0 Å². The van der Waals surface area contributed by atoms with Crippen LogP contribution in [0.5, 0.6) is 0 Å². The first kappa shape index (κ1) is 14.6. The van der Waals surface area contributed by atoms with Crippen molar-refractivity contribution in [3.63, 3.8) is 0 Å². The van der Waals surface area contributed by atoms with Crippen LogP contribution in [0.25, 0.3) is 0 Å². The number of hydrogen-bond donors (Lipinski definition) is 1. The summed E-state index contributed by atoms with van der Waals surface area (Å²) in [6, 6.07) is 5.40. The van der Waals surface area contributed by atoms with Gasteiger partial charge in [0.1, 0.15) is 6.10 Å². The molecule has 1 N–H and O–H groups in total. The van der Waals surface area contributed by atoms with Crippen molar-refractivity contribution in [1.82, 2.24) is 0 Å². The zero-order valence-electron chi connectivity index (χ0n) is 11.5. The molecule has 1 nitrogen and oxygen atoms in total. The summed E-state index contributed by atoms with van der Waals surface area (Å²) in [4.78, 5) is 0. The topological polar surface area (TPSA) is 20.2 Å². The van der Waals surface area contributed by atoms with Crippen LogP contribution in [0.4, 0.5) is 13.2 Å². The maximum atomic E-state index is 13.3. The molecule has 0 aromatic heterocycles. The lowest BCUT2D eigenvalue weighted by Gasteiger charge is -2.18. The lowest BCUT2D eigenvalue weighted by Crippen LogP contribution is -2.07. The van der Waals surface area contributed by atoms with E-state index in [9.17, 15) is 18.3 Å². The lowest BCUT2D eigenvalue weighted by molar-refractivity contribution is 0.217. The van der Waals surface area contributed by atoms with Gasteiger partial charge in [0.2, 0.25) is 0 Å². The van der Waals surface area contributed by atoms with Crippen molar-refractivity contribution in [2.45, 2.75) is 26.9 Å². The molecule has 0 amide bonds. The van der Waals surface area contributed by atoms with Crippen LogP contribution in [0.2, 0.25) is 0 Å². The Morgan fingerprint density at radius 1 is 0.850 bits per heavy atom. The van der Waals surface area contributed by atoms with Gasteiger partial charge >= 0.3 is 0 Å². The molecule has 0 radical (unpaired) electrons. The standard InChI is InChI=1S/C16H15F3O/c1-8-4-9(2)14(10(3)5-8)16(20)11-6-12(17)15(19)13(18)7-11/h4-7,16,20H,1-3H3. The molecule has 0 saturated carbocycles. The molecule has 4 heteroatoms. The number of rotatable bonds is 2. The van der Waals surface area contributed by atoms with Gasteiger partial charge in [0.05, 0.1) is 0 Å². The summed E-state index contributed by atoms with van der Waals surface area (Å²) >= 11 is 0. The molecule has 0 aliphatic rings. The van der Waals surface area contributed by atoms with Gasteiger partial charge < -0.3 is 5.11 Å². The maximum absolute atomic E-state index is 13.3. The molecule has 2 aromatic carbocycles. The van der Waals surface area contributed by atoms with Gasteiger partial charge in [-0.25, -0.2) is 13.2 Å². The number of halogens is 3. The fraction of sp³-hybridized carbons (Fsp3) is 0.250. The molecule has 0 bridgehead atoms. The van der Waals surface area contributed by atoms with Crippen molar-refractivity contribution in [3.8, 4) is 0 Å². The highest BCUT2D eigenvalue weighted by Gasteiger charge is 2.20. The van der Waals surface area contributed by atoms with E-state index in [2.05, 4.69) is 0 Å². The second-order valence-electron chi connectivity index (χ2n) is 5.01. The Labute approximate surface area is 115 Å².